The molecule has 20 heavy (non-hydrogen) atoms. The Morgan fingerprint density at radius 1 is 1.10 bits per heavy atom. The molecule has 0 aliphatic rings. The molecule has 1 heterocycles. The number of aryl methyl sites for hydroxylation is 1. The molecule has 1 N–H and O–H groups in total. The zero-order valence-corrected chi connectivity index (χ0v) is 12.4. The molecule has 0 saturated heterocycles. The van der Waals surface area contributed by atoms with Gasteiger partial charge in [0.15, 0.2) is 0 Å². The summed E-state index contributed by atoms with van der Waals surface area (Å²) in [5, 5.41) is 2.07. The van der Waals surface area contributed by atoms with Gasteiger partial charge in [0.05, 0.1) is 0 Å². The minimum absolute atomic E-state index is 0.821. The van der Waals surface area contributed by atoms with E-state index in [9.17, 15) is 0 Å². The fourth-order valence-electron chi connectivity index (χ4n) is 2.67. The molecule has 0 spiro atoms. The van der Waals surface area contributed by atoms with Crippen LogP contribution in [0.4, 0.5) is 0 Å². The van der Waals surface area contributed by atoms with E-state index in [1.54, 1.807) is 0 Å². The number of halogens is 1. The number of unbranched alkanes of at least 4 members (excludes halogenated alkanes) is 1. The molecule has 0 aliphatic heterocycles. The van der Waals surface area contributed by atoms with Crippen LogP contribution in [0.1, 0.15) is 25.3 Å². The van der Waals surface area contributed by atoms with E-state index in [0.717, 1.165) is 17.0 Å². The smallest absolute Gasteiger partial charge is 0.0460 e. The van der Waals surface area contributed by atoms with E-state index in [1.165, 1.54) is 34.9 Å². The summed E-state index contributed by atoms with van der Waals surface area (Å²) in [5.74, 6) is 0. The number of benzene rings is 2. The molecule has 0 fully saturated rings. The topological polar surface area (TPSA) is 15.8 Å². The largest absolute Gasteiger partial charge is 0.361 e. The standard InChI is InChI=1S/C18H18ClN/c1-2-3-5-13-10-14(12-15(19)11-13)16-6-4-7-18-17(16)8-9-20-18/h4,6-12,20H,2-3,5H2,1H3. The Hall–Kier alpha value is -1.73. The summed E-state index contributed by atoms with van der Waals surface area (Å²) in [5.41, 5.74) is 4.93. The van der Waals surface area contributed by atoms with Gasteiger partial charge in [-0.15, -0.1) is 0 Å². The van der Waals surface area contributed by atoms with Crippen molar-refractivity contribution >= 4 is 22.5 Å². The first-order valence-electron chi connectivity index (χ1n) is 7.14. The Kier molecular flexibility index (Phi) is 3.79. The van der Waals surface area contributed by atoms with Gasteiger partial charge in [0.1, 0.15) is 0 Å². The number of H-pyrrole nitrogens is 1. The first kappa shape index (κ1) is 13.3. The lowest BCUT2D eigenvalue weighted by atomic mass is 9.98. The van der Waals surface area contributed by atoms with Gasteiger partial charge < -0.3 is 4.98 Å². The summed E-state index contributed by atoms with van der Waals surface area (Å²) in [6.45, 7) is 2.21. The van der Waals surface area contributed by atoms with Crippen molar-refractivity contribution in [2.24, 2.45) is 0 Å². The second-order valence-electron chi connectivity index (χ2n) is 5.20. The molecule has 1 nitrogen and oxygen atoms in total. The quantitative estimate of drug-likeness (QED) is 0.620. The second kappa shape index (κ2) is 5.72. The summed E-state index contributed by atoms with van der Waals surface area (Å²) in [4.78, 5) is 3.26. The average molecular weight is 284 g/mol. The molecule has 102 valence electrons. The second-order valence-corrected chi connectivity index (χ2v) is 5.63. The number of hydrogen-bond donors (Lipinski definition) is 1. The highest BCUT2D eigenvalue weighted by molar-refractivity contribution is 6.31. The Morgan fingerprint density at radius 2 is 2.00 bits per heavy atom. The van der Waals surface area contributed by atoms with Gasteiger partial charge in [0.25, 0.3) is 0 Å². The highest BCUT2D eigenvalue weighted by Gasteiger charge is 2.07. The van der Waals surface area contributed by atoms with E-state index in [2.05, 4.69) is 54.4 Å². The lowest BCUT2D eigenvalue weighted by Crippen LogP contribution is -1.87. The van der Waals surface area contributed by atoms with Gasteiger partial charge >= 0.3 is 0 Å². The first-order valence-corrected chi connectivity index (χ1v) is 7.51. The third kappa shape index (κ3) is 2.59. The van der Waals surface area contributed by atoms with Crippen molar-refractivity contribution in [1.29, 1.82) is 0 Å². The Bertz CT molecular complexity index is 727. The molecule has 2 heteroatoms. The van der Waals surface area contributed by atoms with E-state index in [-0.39, 0.29) is 0 Å². The average Bonchev–Trinajstić information content (AvgIpc) is 2.92. The van der Waals surface area contributed by atoms with Crippen LogP contribution in [0.2, 0.25) is 5.02 Å². The third-order valence-electron chi connectivity index (χ3n) is 3.68. The van der Waals surface area contributed by atoms with Gasteiger partial charge in [-0.1, -0.05) is 43.1 Å². The predicted octanol–water partition coefficient (Wildman–Crippen LogP) is 5.83. The molecule has 0 atom stereocenters. The van der Waals surface area contributed by atoms with Gasteiger partial charge in [0, 0.05) is 22.1 Å². The van der Waals surface area contributed by atoms with E-state index in [1.807, 2.05) is 6.20 Å². The molecule has 3 rings (SSSR count). The van der Waals surface area contributed by atoms with Crippen LogP contribution in [0, 0.1) is 0 Å². The molecule has 0 radical (unpaired) electrons. The van der Waals surface area contributed by atoms with Gasteiger partial charge in [0.2, 0.25) is 0 Å². The number of rotatable bonds is 4. The van der Waals surface area contributed by atoms with Crippen molar-refractivity contribution in [3.63, 3.8) is 0 Å². The molecule has 0 bridgehead atoms. The molecule has 0 aliphatic carbocycles. The highest BCUT2D eigenvalue weighted by atomic mass is 35.5. The Labute approximate surface area is 124 Å². The molecule has 0 unspecified atom stereocenters. The van der Waals surface area contributed by atoms with E-state index >= 15 is 0 Å². The number of hydrogen-bond acceptors (Lipinski definition) is 0. The van der Waals surface area contributed by atoms with Crippen LogP contribution < -0.4 is 0 Å². The zero-order chi connectivity index (χ0) is 13.9. The monoisotopic (exact) mass is 283 g/mol. The lowest BCUT2D eigenvalue weighted by molar-refractivity contribution is 0.795. The SMILES string of the molecule is CCCCc1cc(Cl)cc(-c2cccc3[nH]ccc23)c1. The molecule has 1 aromatic heterocycles. The summed E-state index contributed by atoms with van der Waals surface area (Å²) in [6.07, 6.45) is 5.48. The van der Waals surface area contributed by atoms with Crippen molar-refractivity contribution in [1.82, 2.24) is 4.98 Å². The van der Waals surface area contributed by atoms with E-state index < -0.39 is 0 Å². The first-order chi connectivity index (χ1) is 9.78. The van der Waals surface area contributed by atoms with Crippen molar-refractivity contribution in [2.75, 3.05) is 0 Å². The van der Waals surface area contributed by atoms with E-state index in [0.29, 0.717) is 0 Å². The molecule has 0 saturated carbocycles. The minimum Gasteiger partial charge on any atom is -0.361 e. The predicted molar refractivity (Wildman–Crippen MR) is 87.4 cm³/mol. The van der Waals surface area contributed by atoms with Crippen LogP contribution in [0.25, 0.3) is 22.0 Å². The summed E-state index contributed by atoms with van der Waals surface area (Å²) in [7, 11) is 0. The molecule has 2 aromatic carbocycles. The number of aromatic nitrogens is 1. The van der Waals surface area contributed by atoms with E-state index in [4.69, 9.17) is 11.6 Å². The van der Waals surface area contributed by atoms with Gasteiger partial charge in [-0.2, -0.15) is 0 Å². The maximum absolute atomic E-state index is 6.30. The van der Waals surface area contributed by atoms with Crippen molar-refractivity contribution in [3.8, 4) is 11.1 Å². The maximum atomic E-state index is 6.30. The fraction of sp³-hybridized carbons (Fsp3) is 0.222. The third-order valence-corrected chi connectivity index (χ3v) is 3.90. The fourth-order valence-corrected chi connectivity index (χ4v) is 2.93. The van der Waals surface area contributed by atoms with Gasteiger partial charge in [-0.05, 0) is 53.8 Å². The number of fused-ring (bicyclic) bond motifs is 1. The van der Waals surface area contributed by atoms with Crippen LogP contribution in [-0.4, -0.2) is 4.98 Å². The van der Waals surface area contributed by atoms with Crippen LogP contribution in [0.5, 0.6) is 0 Å². The molecule has 3 aromatic rings. The number of nitrogens with one attached hydrogen (secondary N) is 1. The van der Waals surface area contributed by atoms with Crippen molar-refractivity contribution < 1.29 is 0 Å². The highest BCUT2D eigenvalue weighted by Crippen LogP contribution is 2.31. The van der Waals surface area contributed by atoms with Crippen molar-refractivity contribution in [3.05, 3.63) is 59.2 Å². The van der Waals surface area contributed by atoms with Crippen LogP contribution in [0.15, 0.2) is 48.7 Å². The zero-order valence-electron chi connectivity index (χ0n) is 11.6. The normalized spacial score (nSPS) is 11.1. The molecule has 0 amide bonds. The van der Waals surface area contributed by atoms with Gasteiger partial charge in [-0.3, -0.25) is 0 Å². The van der Waals surface area contributed by atoms with Crippen LogP contribution in [0.3, 0.4) is 0 Å². The van der Waals surface area contributed by atoms with Crippen LogP contribution in [-0.2, 0) is 6.42 Å². The Balaban J connectivity index is 2.09. The van der Waals surface area contributed by atoms with Crippen molar-refractivity contribution in [2.45, 2.75) is 26.2 Å². The molecular weight excluding hydrogens is 266 g/mol. The number of aromatic amines is 1. The molecular formula is C18H18ClN. The van der Waals surface area contributed by atoms with Gasteiger partial charge in [-0.25, -0.2) is 0 Å². The summed E-state index contributed by atoms with van der Waals surface area (Å²) < 4.78 is 0. The lowest BCUT2D eigenvalue weighted by Gasteiger charge is -2.08. The maximum Gasteiger partial charge on any atom is 0.0460 e. The summed E-state index contributed by atoms with van der Waals surface area (Å²) >= 11 is 6.30. The minimum atomic E-state index is 0.821. The Morgan fingerprint density at radius 3 is 2.85 bits per heavy atom. The summed E-state index contributed by atoms with van der Waals surface area (Å²) in [6, 6.07) is 14.9. The van der Waals surface area contributed by atoms with Crippen LogP contribution >= 0.6 is 11.6 Å².